The van der Waals surface area contributed by atoms with Crippen molar-refractivity contribution in [2.24, 2.45) is 0 Å². The van der Waals surface area contributed by atoms with Crippen molar-refractivity contribution in [1.29, 1.82) is 0 Å². The Kier molecular flexibility index (Phi) is 9.00. The minimum Gasteiger partial charge on any atom is -0.383 e. The van der Waals surface area contributed by atoms with Gasteiger partial charge >= 0.3 is 0 Å². The number of carbonyl (C=O) groups excluding carboxylic acids is 1. The van der Waals surface area contributed by atoms with Gasteiger partial charge in [0, 0.05) is 29.2 Å². The first-order valence-electron chi connectivity index (χ1n) is 7.78. The van der Waals surface area contributed by atoms with E-state index in [0.29, 0.717) is 39.3 Å². The van der Waals surface area contributed by atoms with Crippen molar-refractivity contribution in [2.75, 3.05) is 25.9 Å². The van der Waals surface area contributed by atoms with Crippen LogP contribution in [0.3, 0.4) is 0 Å². The number of hydrogen-bond donors (Lipinski definition) is 3. The van der Waals surface area contributed by atoms with E-state index < -0.39 is 0 Å². The van der Waals surface area contributed by atoms with Crippen LogP contribution in [0.2, 0.25) is 15.1 Å². The van der Waals surface area contributed by atoms with Crippen LogP contribution in [-0.2, 0) is 0 Å². The molecule has 1 aromatic carbocycles. The van der Waals surface area contributed by atoms with Crippen molar-refractivity contribution in [3.8, 4) is 11.1 Å². The van der Waals surface area contributed by atoms with Gasteiger partial charge in [-0.15, -0.1) is 0 Å². The van der Waals surface area contributed by atoms with Gasteiger partial charge in [0.15, 0.2) is 0 Å². The number of aromatic nitrogens is 1. The topological polar surface area (TPSA) is 80.0 Å². The Hall–Kier alpha value is -1.53. The molecule has 0 spiro atoms. The molecule has 0 fully saturated rings. The summed E-state index contributed by atoms with van der Waals surface area (Å²) in [6.45, 7) is 5.16. The number of nitrogens with zero attached hydrogens (tertiary/aromatic N) is 1. The van der Waals surface area contributed by atoms with Crippen LogP contribution >= 0.6 is 34.8 Å². The van der Waals surface area contributed by atoms with Crippen molar-refractivity contribution in [3.63, 3.8) is 0 Å². The molecule has 2 rings (SSSR count). The van der Waals surface area contributed by atoms with Gasteiger partial charge in [0.05, 0.1) is 10.0 Å². The number of hydrogen-bond acceptors (Lipinski definition) is 4. The number of nitrogens with two attached hydrogens (primary N) is 1. The van der Waals surface area contributed by atoms with Crippen molar-refractivity contribution in [2.45, 2.75) is 13.8 Å². The minimum absolute atomic E-state index is 0.173. The molecule has 1 heterocycles. The Balaban J connectivity index is 0.00000151. The van der Waals surface area contributed by atoms with Crippen LogP contribution in [0.5, 0.6) is 0 Å². The van der Waals surface area contributed by atoms with Crippen LogP contribution in [0, 0.1) is 0 Å². The van der Waals surface area contributed by atoms with Gasteiger partial charge in [-0.3, -0.25) is 4.79 Å². The number of anilines is 1. The zero-order valence-corrected chi connectivity index (χ0v) is 16.6. The monoisotopic (exact) mass is 402 g/mol. The number of pyridine rings is 1. The third-order valence-electron chi connectivity index (χ3n) is 3.10. The minimum atomic E-state index is -0.297. The smallest absolute Gasteiger partial charge is 0.270 e. The van der Waals surface area contributed by atoms with Crippen LogP contribution in [0.1, 0.15) is 24.3 Å². The Morgan fingerprint density at radius 1 is 1.12 bits per heavy atom. The molecule has 0 atom stereocenters. The second kappa shape index (κ2) is 10.5. The van der Waals surface area contributed by atoms with Crippen LogP contribution in [0.25, 0.3) is 11.1 Å². The highest BCUT2D eigenvalue weighted by Crippen LogP contribution is 2.38. The molecule has 0 aliphatic rings. The summed E-state index contributed by atoms with van der Waals surface area (Å²) in [4.78, 5) is 16.1. The Morgan fingerprint density at radius 3 is 2.40 bits per heavy atom. The lowest BCUT2D eigenvalue weighted by Gasteiger charge is -2.11. The highest BCUT2D eigenvalue weighted by molar-refractivity contribution is 6.45. The largest absolute Gasteiger partial charge is 0.383 e. The molecule has 0 unspecified atom stereocenters. The molecular formula is C17H21Cl3N4O. The SMILES string of the molecule is CC.CNCCNC(=O)c1ccc(-c2cc(Cl)cc(Cl)c2Cl)c(N)n1. The van der Waals surface area contributed by atoms with E-state index in [4.69, 9.17) is 40.5 Å². The van der Waals surface area contributed by atoms with Crippen molar-refractivity contribution < 1.29 is 4.79 Å². The van der Waals surface area contributed by atoms with E-state index in [1.165, 1.54) is 0 Å². The Labute approximate surface area is 162 Å². The highest BCUT2D eigenvalue weighted by Gasteiger charge is 2.15. The first-order chi connectivity index (χ1) is 11.9. The molecule has 0 radical (unpaired) electrons. The maximum Gasteiger partial charge on any atom is 0.270 e. The molecule has 0 aliphatic carbocycles. The maximum atomic E-state index is 12.0. The molecule has 0 saturated carbocycles. The van der Waals surface area contributed by atoms with Gasteiger partial charge in [0.1, 0.15) is 11.5 Å². The quantitative estimate of drug-likeness (QED) is 0.514. The first kappa shape index (κ1) is 21.5. The van der Waals surface area contributed by atoms with E-state index in [-0.39, 0.29) is 17.4 Å². The molecule has 1 amide bonds. The van der Waals surface area contributed by atoms with Gasteiger partial charge in [0.2, 0.25) is 0 Å². The van der Waals surface area contributed by atoms with Gasteiger partial charge in [0.25, 0.3) is 5.91 Å². The highest BCUT2D eigenvalue weighted by atomic mass is 35.5. The average Bonchev–Trinajstić information content (AvgIpc) is 2.60. The maximum absolute atomic E-state index is 12.0. The summed E-state index contributed by atoms with van der Waals surface area (Å²) in [7, 11) is 1.80. The lowest BCUT2D eigenvalue weighted by atomic mass is 10.1. The molecule has 0 bridgehead atoms. The van der Waals surface area contributed by atoms with E-state index in [1.807, 2.05) is 13.8 Å². The van der Waals surface area contributed by atoms with Gasteiger partial charge in [-0.2, -0.15) is 0 Å². The third-order valence-corrected chi connectivity index (χ3v) is 4.12. The zero-order chi connectivity index (χ0) is 19.0. The van der Waals surface area contributed by atoms with Crippen LogP contribution in [0.4, 0.5) is 5.82 Å². The van der Waals surface area contributed by atoms with Gasteiger partial charge in [-0.05, 0) is 31.3 Å². The summed E-state index contributed by atoms with van der Waals surface area (Å²) in [6, 6.07) is 6.44. The molecular weight excluding hydrogens is 383 g/mol. The Bertz CT molecular complexity index is 738. The number of likely N-dealkylation sites (N-methyl/N-ethyl adjacent to an activating group) is 1. The number of amides is 1. The lowest BCUT2D eigenvalue weighted by molar-refractivity contribution is 0.0949. The fraction of sp³-hybridized carbons (Fsp3) is 0.294. The summed E-state index contributed by atoms with van der Waals surface area (Å²) in [6.07, 6.45) is 0. The summed E-state index contributed by atoms with van der Waals surface area (Å²) in [5, 5.41) is 6.75. The van der Waals surface area contributed by atoms with E-state index >= 15 is 0 Å². The number of carbonyl (C=O) groups is 1. The molecule has 0 saturated heterocycles. The van der Waals surface area contributed by atoms with E-state index in [2.05, 4.69) is 15.6 Å². The first-order valence-corrected chi connectivity index (χ1v) is 8.91. The second-order valence-corrected chi connectivity index (χ2v) is 5.96. The summed E-state index contributed by atoms with van der Waals surface area (Å²) < 4.78 is 0. The molecule has 25 heavy (non-hydrogen) atoms. The van der Waals surface area contributed by atoms with E-state index in [0.717, 1.165) is 0 Å². The lowest BCUT2D eigenvalue weighted by Crippen LogP contribution is -2.31. The van der Waals surface area contributed by atoms with E-state index in [9.17, 15) is 4.79 Å². The molecule has 2 aromatic rings. The van der Waals surface area contributed by atoms with Crippen molar-refractivity contribution in [1.82, 2.24) is 15.6 Å². The second-order valence-electron chi connectivity index (χ2n) is 4.74. The molecule has 1 aromatic heterocycles. The molecule has 4 N–H and O–H groups in total. The average molecular weight is 404 g/mol. The molecule has 8 heteroatoms. The van der Waals surface area contributed by atoms with Gasteiger partial charge in [-0.1, -0.05) is 48.7 Å². The van der Waals surface area contributed by atoms with Crippen molar-refractivity contribution in [3.05, 3.63) is 45.0 Å². The van der Waals surface area contributed by atoms with E-state index in [1.54, 1.807) is 31.3 Å². The number of rotatable bonds is 5. The summed E-state index contributed by atoms with van der Waals surface area (Å²) in [5.41, 5.74) is 7.32. The summed E-state index contributed by atoms with van der Waals surface area (Å²) in [5.74, 6) is -0.125. The number of halogens is 3. The van der Waals surface area contributed by atoms with Gasteiger partial charge in [-0.25, -0.2) is 4.98 Å². The van der Waals surface area contributed by atoms with Gasteiger partial charge < -0.3 is 16.4 Å². The molecule has 136 valence electrons. The number of benzene rings is 1. The third kappa shape index (κ3) is 5.75. The fourth-order valence-electron chi connectivity index (χ4n) is 1.97. The summed E-state index contributed by atoms with van der Waals surface area (Å²) >= 11 is 18.2. The normalized spacial score (nSPS) is 10.0. The van der Waals surface area contributed by atoms with Crippen LogP contribution < -0.4 is 16.4 Å². The van der Waals surface area contributed by atoms with Crippen molar-refractivity contribution >= 4 is 46.5 Å². The standard InChI is InChI=1S/C15H15Cl3N4O.C2H6/c1-20-4-5-21-15(23)12-3-2-9(14(19)22-12)10-6-8(16)7-11(17)13(10)18;1-2/h2-3,6-7,20H,4-5H2,1H3,(H2,19,22)(H,21,23);1-2H3. The van der Waals surface area contributed by atoms with Crippen LogP contribution in [-0.4, -0.2) is 31.0 Å². The fourth-order valence-corrected chi connectivity index (χ4v) is 2.68. The predicted octanol–water partition coefficient (Wildman–Crippen LogP) is 4.27. The predicted molar refractivity (Wildman–Crippen MR) is 107 cm³/mol. The zero-order valence-electron chi connectivity index (χ0n) is 14.3. The Morgan fingerprint density at radius 2 is 1.80 bits per heavy atom. The molecule has 0 aliphatic heterocycles. The molecule has 5 nitrogen and oxygen atoms in total. The number of nitrogen functional groups attached to an aromatic ring is 1. The van der Waals surface area contributed by atoms with Crippen LogP contribution in [0.15, 0.2) is 24.3 Å². The number of nitrogens with one attached hydrogen (secondary N) is 2.